The van der Waals surface area contributed by atoms with Crippen molar-refractivity contribution in [3.63, 3.8) is 0 Å². The number of benzene rings is 1. The Hall–Kier alpha value is -1.41. The van der Waals surface area contributed by atoms with E-state index in [-0.39, 0.29) is 11.2 Å². The lowest BCUT2D eigenvalue weighted by molar-refractivity contribution is 0.0996. The number of hydrogen-bond donors (Lipinski definition) is 0. The molecule has 2 rings (SSSR count). The Morgan fingerprint density at radius 1 is 1.10 bits per heavy atom. The Bertz CT molecular complexity index is 585. The van der Waals surface area contributed by atoms with Crippen LogP contribution >= 0.6 is 11.3 Å². The van der Waals surface area contributed by atoms with Crippen molar-refractivity contribution in [2.45, 2.75) is 46.0 Å². The number of Topliss-reactive ketones (excluding diaryl/α,β-unsaturated/α-hetero) is 1. The van der Waals surface area contributed by atoms with Gasteiger partial charge in [-0.25, -0.2) is 0 Å². The Labute approximate surface area is 125 Å². The zero-order valence-corrected chi connectivity index (χ0v) is 13.5. The Morgan fingerprint density at radius 2 is 1.75 bits per heavy atom. The maximum absolute atomic E-state index is 12.3. The van der Waals surface area contributed by atoms with Gasteiger partial charge in [-0.2, -0.15) is 0 Å². The normalized spacial score (nSPS) is 11.6. The molecule has 2 aromatic rings. The van der Waals surface area contributed by atoms with Gasteiger partial charge in [-0.1, -0.05) is 52.0 Å². The lowest BCUT2D eigenvalue weighted by atomic mass is 9.86. The summed E-state index contributed by atoms with van der Waals surface area (Å²) >= 11 is 1.56. The van der Waals surface area contributed by atoms with E-state index in [2.05, 4.69) is 58.0 Å². The quantitative estimate of drug-likeness (QED) is 0.720. The molecule has 1 nitrogen and oxygen atoms in total. The van der Waals surface area contributed by atoms with Gasteiger partial charge in [-0.05, 0) is 40.0 Å². The third-order valence-electron chi connectivity index (χ3n) is 3.57. The summed E-state index contributed by atoms with van der Waals surface area (Å²) in [7, 11) is 0. The summed E-state index contributed by atoms with van der Waals surface area (Å²) in [6.07, 6.45) is 1.42. The predicted octanol–water partition coefficient (Wildman–Crippen LogP) is 5.03. The molecule has 0 saturated carbocycles. The van der Waals surface area contributed by atoms with E-state index < -0.39 is 0 Å². The first-order valence-electron chi connectivity index (χ1n) is 7.11. The highest BCUT2D eigenvalue weighted by atomic mass is 32.1. The van der Waals surface area contributed by atoms with E-state index in [1.54, 1.807) is 11.3 Å². The third-order valence-corrected chi connectivity index (χ3v) is 4.56. The molecule has 0 aliphatic heterocycles. The Balaban J connectivity index is 2.13. The molecule has 0 unspecified atom stereocenters. The van der Waals surface area contributed by atoms with Crippen LogP contribution in [0.1, 0.15) is 54.1 Å². The van der Waals surface area contributed by atoms with Gasteiger partial charge in [0.15, 0.2) is 5.78 Å². The number of aryl methyl sites for hydroxylation is 1. The predicted molar refractivity (Wildman–Crippen MR) is 86.9 cm³/mol. The fraction of sp³-hybridized carbons (Fsp3) is 0.389. The first-order chi connectivity index (χ1) is 9.41. The summed E-state index contributed by atoms with van der Waals surface area (Å²) < 4.78 is 0. The molecule has 0 amide bonds. The van der Waals surface area contributed by atoms with E-state index in [4.69, 9.17) is 0 Å². The monoisotopic (exact) mass is 286 g/mol. The van der Waals surface area contributed by atoms with Crippen LogP contribution in [0.2, 0.25) is 0 Å². The van der Waals surface area contributed by atoms with Crippen molar-refractivity contribution >= 4 is 17.1 Å². The minimum atomic E-state index is 0.158. The van der Waals surface area contributed by atoms with Crippen LogP contribution in [0, 0.1) is 0 Å². The third kappa shape index (κ3) is 3.37. The number of hydrogen-bond acceptors (Lipinski definition) is 2. The van der Waals surface area contributed by atoms with E-state index in [0.29, 0.717) is 6.42 Å². The van der Waals surface area contributed by atoms with Crippen LogP contribution in [-0.4, -0.2) is 5.78 Å². The molecule has 2 heteroatoms. The summed E-state index contributed by atoms with van der Waals surface area (Å²) in [4.78, 5) is 13.3. The highest BCUT2D eigenvalue weighted by molar-refractivity contribution is 7.12. The largest absolute Gasteiger partial charge is 0.293 e. The van der Waals surface area contributed by atoms with Crippen LogP contribution in [-0.2, 0) is 18.3 Å². The van der Waals surface area contributed by atoms with Crippen molar-refractivity contribution in [1.82, 2.24) is 0 Å². The van der Waals surface area contributed by atoms with Gasteiger partial charge < -0.3 is 0 Å². The number of rotatable bonds is 4. The topological polar surface area (TPSA) is 17.1 Å². The highest BCUT2D eigenvalue weighted by Crippen LogP contribution is 2.23. The molecule has 20 heavy (non-hydrogen) atoms. The molecular weight excluding hydrogens is 264 g/mol. The van der Waals surface area contributed by atoms with Crippen LogP contribution in [0.3, 0.4) is 0 Å². The maximum atomic E-state index is 12.3. The lowest BCUT2D eigenvalue weighted by Crippen LogP contribution is -2.11. The van der Waals surface area contributed by atoms with Gasteiger partial charge >= 0.3 is 0 Å². The number of carbonyl (C=O) groups excluding carboxylic acids is 1. The standard InChI is InChI=1S/C18H22OS/c1-5-14-10-11-20-17(14)16(19)12-13-6-8-15(9-7-13)18(2,3)4/h6-11H,5,12H2,1-4H3. The molecule has 0 aliphatic rings. The van der Waals surface area contributed by atoms with E-state index in [1.807, 2.05) is 5.38 Å². The van der Waals surface area contributed by atoms with Gasteiger partial charge in [0.05, 0.1) is 4.88 Å². The fourth-order valence-electron chi connectivity index (χ4n) is 2.25. The van der Waals surface area contributed by atoms with Gasteiger partial charge in [0.1, 0.15) is 0 Å². The average molecular weight is 286 g/mol. The van der Waals surface area contributed by atoms with Crippen LogP contribution in [0.25, 0.3) is 0 Å². The summed E-state index contributed by atoms with van der Waals surface area (Å²) in [6.45, 7) is 8.70. The SMILES string of the molecule is CCc1ccsc1C(=O)Cc1ccc(C(C)(C)C)cc1. The van der Waals surface area contributed by atoms with E-state index >= 15 is 0 Å². The van der Waals surface area contributed by atoms with E-state index in [1.165, 1.54) is 11.1 Å². The average Bonchev–Trinajstić information content (AvgIpc) is 2.86. The van der Waals surface area contributed by atoms with Gasteiger partial charge in [-0.15, -0.1) is 11.3 Å². The molecule has 0 bridgehead atoms. The summed E-state index contributed by atoms with van der Waals surface area (Å²) in [5.41, 5.74) is 3.73. The molecule has 0 saturated heterocycles. The summed E-state index contributed by atoms with van der Waals surface area (Å²) in [5.74, 6) is 0.236. The second-order valence-electron chi connectivity index (χ2n) is 6.18. The van der Waals surface area contributed by atoms with Crippen molar-refractivity contribution in [3.8, 4) is 0 Å². The van der Waals surface area contributed by atoms with Gasteiger partial charge in [-0.3, -0.25) is 4.79 Å². The minimum absolute atomic E-state index is 0.158. The Kier molecular flexibility index (Phi) is 4.44. The molecular formula is C18H22OS. The maximum Gasteiger partial charge on any atom is 0.177 e. The highest BCUT2D eigenvalue weighted by Gasteiger charge is 2.15. The molecule has 0 fully saturated rings. The van der Waals surface area contributed by atoms with Crippen LogP contribution in [0.15, 0.2) is 35.7 Å². The van der Waals surface area contributed by atoms with Crippen molar-refractivity contribution in [3.05, 3.63) is 57.3 Å². The molecule has 0 radical (unpaired) electrons. The molecule has 0 atom stereocenters. The second-order valence-corrected chi connectivity index (χ2v) is 7.09. The first-order valence-corrected chi connectivity index (χ1v) is 7.98. The van der Waals surface area contributed by atoms with Gasteiger partial charge in [0.25, 0.3) is 0 Å². The number of thiophene rings is 1. The first kappa shape index (κ1) is 15.0. The fourth-order valence-corrected chi connectivity index (χ4v) is 3.18. The van der Waals surface area contributed by atoms with E-state index in [0.717, 1.165) is 16.9 Å². The Morgan fingerprint density at radius 3 is 2.30 bits per heavy atom. The molecule has 0 N–H and O–H groups in total. The molecule has 1 heterocycles. The number of carbonyl (C=O) groups is 1. The van der Waals surface area contributed by atoms with Crippen molar-refractivity contribution in [1.29, 1.82) is 0 Å². The molecule has 106 valence electrons. The number of ketones is 1. The second kappa shape index (κ2) is 5.92. The molecule has 0 spiro atoms. The summed E-state index contributed by atoms with van der Waals surface area (Å²) in [6, 6.07) is 10.5. The molecule has 0 aliphatic carbocycles. The van der Waals surface area contributed by atoms with Crippen LogP contribution in [0.4, 0.5) is 0 Å². The lowest BCUT2D eigenvalue weighted by Gasteiger charge is -2.19. The van der Waals surface area contributed by atoms with Crippen molar-refractivity contribution < 1.29 is 4.79 Å². The molecule has 1 aromatic heterocycles. The van der Waals surface area contributed by atoms with Crippen LogP contribution < -0.4 is 0 Å². The minimum Gasteiger partial charge on any atom is -0.293 e. The van der Waals surface area contributed by atoms with Gasteiger partial charge in [0.2, 0.25) is 0 Å². The zero-order chi connectivity index (χ0) is 14.8. The van der Waals surface area contributed by atoms with Gasteiger partial charge in [0, 0.05) is 6.42 Å². The molecule has 1 aromatic carbocycles. The van der Waals surface area contributed by atoms with Crippen molar-refractivity contribution in [2.75, 3.05) is 0 Å². The van der Waals surface area contributed by atoms with Crippen molar-refractivity contribution in [2.24, 2.45) is 0 Å². The zero-order valence-electron chi connectivity index (χ0n) is 12.7. The van der Waals surface area contributed by atoms with Crippen LogP contribution in [0.5, 0.6) is 0 Å². The smallest absolute Gasteiger partial charge is 0.177 e. The summed E-state index contributed by atoms with van der Waals surface area (Å²) in [5, 5.41) is 2.01. The van der Waals surface area contributed by atoms with E-state index in [9.17, 15) is 4.79 Å².